The van der Waals surface area contributed by atoms with Crippen LogP contribution in [0.3, 0.4) is 0 Å². The molecular weight excluding hydrogens is 344 g/mol. The summed E-state index contributed by atoms with van der Waals surface area (Å²) in [5.74, 6) is -1.01. The molecule has 0 aliphatic heterocycles. The van der Waals surface area contributed by atoms with Crippen molar-refractivity contribution in [2.24, 2.45) is 7.05 Å². The van der Waals surface area contributed by atoms with Gasteiger partial charge in [0.15, 0.2) is 11.6 Å². The summed E-state index contributed by atoms with van der Waals surface area (Å²) in [6.07, 6.45) is 0. The Morgan fingerprint density at radius 3 is 2.74 bits per heavy atom. The highest BCUT2D eigenvalue weighted by Crippen LogP contribution is 2.35. The van der Waals surface area contributed by atoms with Crippen molar-refractivity contribution in [3.8, 4) is 11.8 Å². The first-order valence-corrected chi connectivity index (χ1v) is 7.22. The van der Waals surface area contributed by atoms with E-state index in [9.17, 15) is 9.18 Å². The Bertz CT molecular complexity index is 989. The first-order valence-electron chi connectivity index (χ1n) is 6.46. The number of hydrogen-bond donors (Lipinski definition) is 1. The van der Waals surface area contributed by atoms with E-state index in [0.717, 1.165) is 10.6 Å². The van der Waals surface area contributed by atoms with Crippen molar-refractivity contribution < 1.29 is 9.13 Å². The van der Waals surface area contributed by atoms with Gasteiger partial charge in [0.1, 0.15) is 5.02 Å². The minimum absolute atomic E-state index is 0.0922. The SMILES string of the molecule is Cn1c(Oc2c(F)ccc(N)c2Cl)nc2cccc(Cl)c2c1=O. The molecule has 0 aliphatic carbocycles. The number of nitrogen functional groups attached to an aromatic ring is 1. The quantitative estimate of drug-likeness (QED) is 0.712. The molecule has 0 spiro atoms. The second kappa shape index (κ2) is 5.72. The van der Waals surface area contributed by atoms with Gasteiger partial charge in [-0.15, -0.1) is 0 Å². The van der Waals surface area contributed by atoms with E-state index in [-0.39, 0.29) is 32.9 Å². The number of halogens is 3. The fourth-order valence-corrected chi connectivity index (χ4v) is 2.52. The fourth-order valence-electron chi connectivity index (χ4n) is 2.07. The summed E-state index contributed by atoms with van der Waals surface area (Å²) in [6.45, 7) is 0. The highest BCUT2D eigenvalue weighted by atomic mass is 35.5. The van der Waals surface area contributed by atoms with Crippen LogP contribution in [-0.2, 0) is 7.05 Å². The van der Waals surface area contributed by atoms with E-state index in [2.05, 4.69) is 4.98 Å². The molecule has 118 valence electrons. The number of rotatable bonds is 2. The minimum atomic E-state index is -0.718. The van der Waals surface area contributed by atoms with Gasteiger partial charge in [-0.25, -0.2) is 4.39 Å². The smallest absolute Gasteiger partial charge is 0.305 e. The van der Waals surface area contributed by atoms with Crippen LogP contribution in [0.15, 0.2) is 35.1 Å². The second-order valence-electron chi connectivity index (χ2n) is 4.77. The maximum absolute atomic E-state index is 13.9. The van der Waals surface area contributed by atoms with Gasteiger partial charge in [0.25, 0.3) is 5.56 Å². The number of aromatic nitrogens is 2. The largest absolute Gasteiger partial charge is 0.421 e. The molecule has 0 unspecified atom stereocenters. The summed E-state index contributed by atoms with van der Waals surface area (Å²) in [5.41, 5.74) is 5.70. The molecule has 23 heavy (non-hydrogen) atoms. The number of fused-ring (bicyclic) bond motifs is 1. The molecule has 3 aromatic rings. The van der Waals surface area contributed by atoms with Crippen LogP contribution in [0.2, 0.25) is 10.0 Å². The van der Waals surface area contributed by atoms with Gasteiger partial charge >= 0.3 is 6.01 Å². The standard InChI is InChI=1S/C15H10Cl2FN3O2/c1-21-14(22)11-7(16)3-2-4-10(11)20-15(21)23-13-8(18)5-6-9(19)12(13)17/h2-6H,19H2,1H3. The van der Waals surface area contributed by atoms with E-state index in [4.69, 9.17) is 33.7 Å². The molecule has 1 heterocycles. The molecule has 0 bridgehead atoms. The molecule has 8 heteroatoms. The van der Waals surface area contributed by atoms with Crippen molar-refractivity contribution in [1.82, 2.24) is 9.55 Å². The predicted octanol–water partition coefficient (Wildman–Crippen LogP) is 3.75. The maximum Gasteiger partial charge on any atom is 0.305 e. The Labute approximate surface area is 140 Å². The first kappa shape index (κ1) is 15.6. The van der Waals surface area contributed by atoms with Crippen LogP contribution in [0.4, 0.5) is 10.1 Å². The third-order valence-electron chi connectivity index (χ3n) is 3.29. The minimum Gasteiger partial charge on any atom is -0.421 e. The number of ether oxygens (including phenoxy) is 1. The Morgan fingerprint density at radius 1 is 1.26 bits per heavy atom. The van der Waals surface area contributed by atoms with E-state index >= 15 is 0 Å². The lowest BCUT2D eigenvalue weighted by atomic mass is 10.2. The number of nitrogens with zero attached hydrogens (tertiary/aromatic N) is 2. The highest BCUT2D eigenvalue weighted by Gasteiger charge is 2.17. The Balaban J connectivity index is 2.21. The van der Waals surface area contributed by atoms with Crippen molar-refractivity contribution >= 4 is 39.8 Å². The summed E-state index contributed by atoms with van der Waals surface area (Å²) >= 11 is 12.0. The first-order chi connectivity index (χ1) is 10.9. The molecule has 0 saturated carbocycles. The molecule has 0 aliphatic rings. The van der Waals surface area contributed by atoms with E-state index in [1.807, 2.05) is 0 Å². The van der Waals surface area contributed by atoms with E-state index in [1.165, 1.54) is 13.1 Å². The normalized spacial score (nSPS) is 11.0. The van der Waals surface area contributed by atoms with Crippen LogP contribution in [0, 0.1) is 5.82 Å². The monoisotopic (exact) mass is 353 g/mol. The third kappa shape index (κ3) is 2.60. The maximum atomic E-state index is 13.9. The molecule has 3 rings (SSSR count). The average Bonchev–Trinajstić information content (AvgIpc) is 2.52. The van der Waals surface area contributed by atoms with Gasteiger partial charge in [0, 0.05) is 7.05 Å². The van der Waals surface area contributed by atoms with Crippen LogP contribution in [0.5, 0.6) is 11.8 Å². The van der Waals surface area contributed by atoms with Gasteiger partial charge in [-0.2, -0.15) is 4.98 Å². The molecular formula is C15H10Cl2FN3O2. The molecule has 5 nitrogen and oxygen atoms in total. The number of hydrogen-bond acceptors (Lipinski definition) is 4. The van der Waals surface area contributed by atoms with Gasteiger partial charge in [-0.3, -0.25) is 9.36 Å². The number of anilines is 1. The molecule has 0 amide bonds. The summed E-state index contributed by atoms with van der Waals surface area (Å²) in [7, 11) is 1.44. The van der Waals surface area contributed by atoms with Crippen LogP contribution in [0.1, 0.15) is 0 Å². The van der Waals surface area contributed by atoms with E-state index in [0.29, 0.717) is 5.52 Å². The van der Waals surface area contributed by atoms with Crippen LogP contribution in [0.25, 0.3) is 10.9 Å². The Hall–Kier alpha value is -2.31. The van der Waals surface area contributed by atoms with Gasteiger partial charge in [-0.1, -0.05) is 29.3 Å². The fraction of sp³-hybridized carbons (Fsp3) is 0.0667. The molecule has 2 aromatic carbocycles. The molecule has 0 radical (unpaired) electrons. The highest BCUT2D eigenvalue weighted by molar-refractivity contribution is 6.35. The van der Waals surface area contributed by atoms with Gasteiger partial charge < -0.3 is 10.5 Å². The lowest BCUT2D eigenvalue weighted by molar-refractivity contribution is 0.391. The summed E-state index contributed by atoms with van der Waals surface area (Å²) in [6, 6.07) is 7.14. The van der Waals surface area contributed by atoms with E-state index in [1.54, 1.807) is 18.2 Å². The van der Waals surface area contributed by atoms with Gasteiger partial charge in [0.2, 0.25) is 0 Å². The Kier molecular flexibility index (Phi) is 3.87. The predicted molar refractivity (Wildman–Crippen MR) is 87.9 cm³/mol. The lowest BCUT2D eigenvalue weighted by Gasteiger charge is -2.13. The second-order valence-corrected chi connectivity index (χ2v) is 5.56. The van der Waals surface area contributed by atoms with Crippen molar-refractivity contribution in [2.75, 3.05) is 5.73 Å². The van der Waals surface area contributed by atoms with Crippen LogP contribution in [-0.4, -0.2) is 9.55 Å². The van der Waals surface area contributed by atoms with Crippen molar-refractivity contribution in [3.63, 3.8) is 0 Å². The van der Waals surface area contributed by atoms with Gasteiger partial charge in [-0.05, 0) is 24.3 Å². The zero-order chi connectivity index (χ0) is 16.7. The number of nitrogens with two attached hydrogens (primary N) is 1. The number of benzene rings is 2. The van der Waals surface area contributed by atoms with Crippen molar-refractivity contribution in [2.45, 2.75) is 0 Å². The summed E-state index contributed by atoms with van der Waals surface area (Å²) in [5, 5.41) is 0.434. The molecule has 0 atom stereocenters. The van der Waals surface area contributed by atoms with Crippen LogP contribution < -0.4 is 16.0 Å². The third-order valence-corrected chi connectivity index (χ3v) is 3.99. The average molecular weight is 354 g/mol. The van der Waals surface area contributed by atoms with E-state index < -0.39 is 11.4 Å². The van der Waals surface area contributed by atoms with Crippen LogP contribution >= 0.6 is 23.2 Å². The zero-order valence-electron chi connectivity index (χ0n) is 11.8. The summed E-state index contributed by atoms with van der Waals surface area (Å²) < 4.78 is 20.4. The lowest BCUT2D eigenvalue weighted by Crippen LogP contribution is -2.20. The topological polar surface area (TPSA) is 70.1 Å². The molecule has 2 N–H and O–H groups in total. The van der Waals surface area contributed by atoms with Crippen molar-refractivity contribution in [3.05, 3.63) is 56.5 Å². The Morgan fingerprint density at radius 2 is 2.00 bits per heavy atom. The van der Waals surface area contributed by atoms with Gasteiger partial charge in [0.05, 0.1) is 21.6 Å². The zero-order valence-corrected chi connectivity index (χ0v) is 13.3. The summed E-state index contributed by atoms with van der Waals surface area (Å²) in [4.78, 5) is 16.6. The van der Waals surface area contributed by atoms with Crippen molar-refractivity contribution in [1.29, 1.82) is 0 Å². The molecule has 0 fully saturated rings. The molecule has 0 saturated heterocycles. The molecule has 1 aromatic heterocycles.